The van der Waals surface area contributed by atoms with Gasteiger partial charge in [-0.05, 0) is 6.42 Å². The molecule has 1 N–H and O–H groups in total. The minimum Gasteiger partial charge on any atom is -0.447 e. The van der Waals surface area contributed by atoms with Gasteiger partial charge in [0.25, 0.3) is 0 Å². The van der Waals surface area contributed by atoms with Crippen molar-refractivity contribution in [2.24, 2.45) is 5.92 Å². The molecule has 1 rings (SSSR count). The molecule has 0 aromatic heterocycles. The topological polar surface area (TPSA) is 66.8 Å². The predicted octanol–water partition coefficient (Wildman–Crippen LogP) is 0.372. The summed E-state index contributed by atoms with van der Waals surface area (Å²) < 4.78 is 4.63. The van der Waals surface area contributed by atoms with Gasteiger partial charge in [-0.1, -0.05) is 13.8 Å². The van der Waals surface area contributed by atoms with E-state index in [4.69, 9.17) is 0 Å². The summed E-state index contributed by atoms with van der Waals surface area (Å²) in [5, 5.41) is 9.44. The van der Waals surface area contributed by atoms with Crippen molar-refractivity contribution >= 4 is 12.0 Å². The number of hydrogen-bond donors (Lipinski definition) is 1. The zero-order valence-corrected chi connectivity index (χ0v) is 8.40. The number of imide groups is 1. The lowest BCUT2D eigenvalue weighted by molar-refractivity contribution is -0.134. The number of amides is 2. The molecule has 1 aliphatic rings. The number of cyclic esters (lactones) is 1. The Balaban J connectivity index is 2.60. The Bertz CT molecular complexity index is 241. The van der Waals surface area contributed by atoms with E-state index >= 15 is 0 Å². The van der Waals surface area contributed by atoms with Crippen LogP contribution in [-0.2, 0) is 9.53 Å². The van der Waals surface area contributed by atoms with E-state index < -0.39 is 18.1 Å². The molecule has 0 aliphatic carbocycles. The molecule has 1 heterocycles. The van der Waals surface area contributed by atoms with E-state index in [1.54, 1.807) is 13.8 Å². The second-order valence-corrected chi connectivity index (χ2v) is 3.37. The number of carbonyl (C=O) groups excluding carboxylic acids is 2. The fraction of sp³-hybridized carbons (Fsp3) is 0.778. The van der Waals surface area contributed by atoms with Gasteiger partial charge < -0.3 is 9.84 Å². The molecule has 0 bridgehead atoms. The van der Waals surface area contributed by atoms with Crippen molar-refractivity contribution in [1.82, 2.24) is 4.90 Å². The van der Waals surface area contributed by atoms with Crippen LogP contribution in [0.1, 0.15) is 20.3 Å². The van der Waals surface area contributed by atoms with Gasteiger partial charge in [-0.25, -0.2) is 9.69 Å². The first-order valence-electron chi connectivity index (χ1n) is 4.74. The Kier molecular flexibility index (Phi) is 3.46. The maximum atomic E-state index is 11.6. The third-order valence-corrected chi connectivity index (χ3v) is 2.41. The van der Waals surface area contributed by atoms with E-state index in [-0.39, 0.29) is 12.5 Å². The fourth-order valence-electron chi connectivity index (χ4n) is 1.36. The monoisotopic (exact) mass is 201 g/mol. The van der Waals surface area contributed by atoms with E-state index in [2.05, 4.69) is 4.74 Å². The molecule has 0 unspecified atom stereocenters. The second-order valence-electron chi connectivity index (χ2n) is 3.37. The van der Waals surface area contributed by atoms with E-state index in [1.807, 2.05) is 0 Å². The zero-order chi connectivity index (χ0) is 10.7. The summed E-state index contributed by atoms with van der Waals surface area (Å²) in [5.41, 5.74) is 0. The van der Waals surface area contributed by atoms with Crippen LogP contribution in [0.4, 0.5) is 4.79 Å². The van der Waals surface area contributed by atoms with E-state index in [9.17, 15) is 14.7 Å². The maximum Gasteiger partial charge on any atom is 0.416 e. The molecule has 0 aromatic carbocycles. The number of aliphatic hydroxyl groups excluding tert-OH is 1. The van der Waals surface area contributed by atoms with Crippen LogP contribution in [0.25, 0.3) is 0 Å². The predicted molar refractivity (Wildman–Crippen MR) is 48.5 cm³/mol. The van der Waals surface area contributed by atoms with Gasteiger partial charge in [-0.2, -0.15) is 0 Å². The van der Waals surface area contributed by atoms with Crippen LogP contribution < -0.4 is 0 Å². The standard InChI is InChI=1S/C9H15NO4/c1-3-7(11)6(2)8(12)10-4-5-14-9(10)13/h6-7,11H,3-5H2,1-2H3/t6-,7+/m1/s1. The van der Waals surface area contributed by atoms with Crippen LogP contribution in [0.2, 0.25) is 0 Å². The Morgan fingerprint density at radius 1 is 1.71 bits per heavy atom. The summed E-state index contributed by atoms with van der Waals surface area (Å²) in [7, 11) is 0. The quantitative estimate of drug-likeness (QED) is 0.716. The molecule has 80 valence electrons. The van der Waals surface area contributed by atoms with Crippen LogP contribution >= 0.6 is 0 Å². The number of ether oxygens (including phenoxy) is 1. The molecule has 0 radical (unpaired) electrons. The van der Waals surface area contributed by atoms with Crippen LogP contribution in [0.15, 0.2) is 0 Å². The molecule has 1 saturated heterocycles. The van der Waals surface area contributed by atoms with E-state index in [0.29, 0.717) is 13.0 Å². The highest BCUT2D eigenvalue weighted by atomic mass is 16.6. The number of aliphatic hydroxyl groups is 1. The normalized spacial score (nSPS) is 20.5. The number of rotatable bonds is 3. The van der Waals surface area contributed by atoms with Crippen molar-refractivity contribution in [1.29, 1.82) is 0 Å². The van der Waals surface area contributed by atoms with Crippen molar-refractivity contribution in [3.63, 3.8) is 0 Å². The van der Waals surface area contributed by atoms with Gasteiger partial charge in [0, 0.05) is 0 Å². The van der Waals surface area contributed by atoms with Crippen molar-refractivity contribution in [2.45, 2.75) is 26.4 Å². The minimum absolute atomic E-state index is 0.250. The first-order chi connectivity index (χ1) is 6.57. The van der Waals surface area contributed by atoms with Gasteiger partial charge in [-0.3, -0.25) is 4.79 Å². The SMILES string of the molecule is CC[C@H](O)[C@@H](C)C(=O)N1CCOC1=O. The molecule has 2 atom stereocenters. The Labute approximate surface area is 82.6 Å². The first-order valence-corrected chi connectivity index (χ1v) is 4.74. The average molecular weight is 201 g/mol. The van der Waals surface area contributed by atoms with Crippen molar-refractivity contribution in [3.8, 4) is 0 Å². The Hall–Kier alpha value is -1.10. The highest BCUT2D eigenvalue weighted by Crippen LogP contribution is 2.14. The van der Waals surface area contributed by atoms with Gasteiger partial charge >= 0.3 is 6.09 Å². The first kappa shape index (κ1) is 11.0. The smallest absolute Gasteiger partial charge is 0.416 e. The minimum atomic E-state index is -0.698. The summed E-state index contributed by atoms with van der Waals surface area (Å²) in [6.45, 7) is 3.94. The maximum absolute atomic E-state index is 11.6. The highest BCUT2D eigenvalue weighted by molar-refractivity contribution is 5.94. The van der Waals surface area contributed by atoms with Crippen molar-refractivity contribution < 1.29 is 19.4 Å². The Morgan fingerprint density at radius 3 is 2.79 bits per heavy atom. The third kappa shape index (κ3) is 2.04. The number of nitrogens with zero attached hydrogens (tertiary/aromatic N) is 1. The van der Waals surface area contributed by atoms with Gasteiger partial charge in [0.15, 0.2) is 0 Å². The van der Waals surface area contributed by atoms with Gasteiger partial charge in [0.05, 0.1) is 18.6 Å². The molecule has 0 spiro atoms. The summed E-state index contributed by atoms with van der Waals surface area (Å²) >= 11 is 0. The zero-order valence-electron chi connectivity index (χ0n) is 8.40. The summed E-state index contributed by atoms with van der Waals surface area (Å²) in [6, 6.07) is 0. The van der Waals surface area contributed by atoms with Crippen molar-refractivity contribution in [3.05, 3.63) is 0 Å². The number of carbonyl (C=O) groups is 2. The second kappa shape index (κ2) is 4.41. The Morgan fingerprint density at radius 2 is 2.36 bits per heavy atom. The molecule has 1 aliphatic heterocycles. The van der Waals surface area contributed by atoms with E-state index in [0.717, 1.165) is 4.90 Å². The highest BCUT2D eigenvalue weighted by Gasteiger charge is 2.33. The molecule has 5 nitrogen and oxygen atoms in total. The van der Waals surface area contributed by atoms with Crippen LogP contribution in [0.5, 0.6) is 0 Å². The van der Waals surface area contributed by atoms with Gasteiger partial charge in [0.1, 0.15) is 6.61 Å². The molecule has 0 aromatic rings. The molecule has 2 amide bonds. The number of hydrogen-bond acceptors (Lipinski definition) is 4. The summed E-state index contributed by atoms with van der Waals surface area (Å²) in [4.78, 5) is 23.7. The van der Waals surface area contributed by atoms with Gasteiger partial charge in [0.2, 0.25) is 5.91 Å². The molecular weight excluding hydrogens is 186 g/mol. The van der Waals surface area contributed by atoms with Crippen LogP contribution in [0.3, 0.4) is 0 Å². The third-order valence-electron chi connectivity index (χ3n) is 2.41. The van der Waals surface area contributed by atoms with Crippen molar-refractivity contribution in [2.75, 3.05) is 13.2 Å². The van der Waals surface area contributed by atoms with Gasteiger partial charge in [-0.15, -0.1) is 0 Å². The molecular formula is C9H15NO4. The molecule has 14 heavy (non-hydrogen) atoms. The summed E-state index contributed by atoms with van der Waals surface area (Å²) in [5.74, 6) is -0.910. The lowest BCUT2D eigenvalue weighted by atomic mass is 10.0. The summed E-state index contributed by atoms with van der Waals surface area (Å²) in [6.07, 6.45) is -0.809. The lowest BCUT2D eigenvalue weighted by Gasteiger charge is -2.20. The lowest BCUT2D eigenvalue weighted by Crippen LogP contribution is -2.40. The van der Waals surface area contributed by atoms with Crippen LogP contribution in [0, 0.1) is 5.92 Å². The fourth-order valence-corrected chi connectivity index (χ4v) is 1.36. The molecule has 0 saturated carbocycles. The largest absolute Gasteiger partial charge is 0.447 e. The molecule has 1 fully saturated rings. The van der Waals surface area contributed by atoms with Crippen LogP contribution in [-0.4, -0.2) is 41.3 Å². The molecule has 5 heteroatoms. The average Bonchev–Trinajstić information content (AvgIpc) is 2.61. The van der Waals surface area contributed by atoms with E-state index in [1.165, 1.54) is 0 Å².